The van der Waals surface area contributed by atoms with Crippen molar-refractivity contribution in [1.29, 1.82) is 0 Å². The molecule has 1 heterocycles. The molecule has 2 aromatic carbocycles. The first kappa shape index (κ1) is 23.9. The summed E-state index contributed by atoms with van der Waals surface area (Å²) in [6.07, 6.45) is 2.15. The summed E-state index contributed by atoms with van der Waals surface area (Å²) in [5.74, 6) is 0.247. The van der Waals surface area contributed by atoms with Crippen LogP contribution in [0.4, 0.5) is 11.4 Å². The normalized spacial score (nSPS) is 13.9. The average Bonchev–Trinajstić information content (AvgIpc) is 3.17. The number of nitrogens with one attached hydrogen (secondary N) is 2. The molecule has 0 spiro atoms. The van der Waals surface area contributed by atoms with Crippen molar-refractivity contribution in [3.63, 3.8) is 0 Å². The highest BCUT2D eigenvalue weighted by atomic mass is 16.6. The van der Waals surface area contributed by atoms with Gasteiger partial charge in [-0.1, -0.05) is 18.2 Å². The Morgan fingerprint density at radius 2 is 1.80 bits per heavy atom. The first-order chi connectivity index (χ1) is 16.7. The second-order valence-electron chi connectivity index (χ2n) is 8.65. The van der Waals surface area contributed by atoms with Crippen LogP contribution in [0, 0.1) is 30.9 Å². The maximum Gasteiger partial charge on any atom is 0.291 e. The Morgan fingerprint density at radius 3 is 2.49 bits per heavy atom. The smallest absolute Gasteiger partial charge is 0.291 e. The minimum absolute atomic E-state index is 0.0306. The molecule has 0 saturated heterocycles. The van der Waals surface area contributed by atoms with Gasteiger partial charge in [-0.15, -0.1) is 0 Å². The van der Waals surface area contributed by atoms with Crippen molar-refractivity contribution in [2.45, 2.75) is 46.5 Å². The van der Waals surface area contributed by atoms with E-state index in [9.17, 15) is 19.7 Å². The third-order valence-corrected chi connectivity index (χ3v) is 6.12. The highest BCUT2D eigenvalue weighted by molar-refractivity contribution is 6.09. The van der Waals surface area contributed by atoms with E-state index in [4.69, 9.17) is 4.42 Å². The summed E-state index contributed by atoms with van der Waals surface area (Å²) in [7, 11) is 0. The number of anilines is 1. The molecule has 2 N–H and O–H groups in total. The van der Waals surface area contributed by atoms with E-state index in [1.165, 1.54) is 12.1 Å². The van der Waals surface area contributed by atoms with Crippen molar-refractivity contribution >= 4 is 28.9 Å². The second-order valence-corrected chi connectivity index (χ2v) is 8.65. The zero-order valence-electron chi connectivity index (χ0n) is 19.8. The molecule has 0 atom stereocenters. The van der Waals surface area contributed by atoms with Gasteiger partial charge in [0.2, 0.25) is 5.91 Å². The standard InChI is InChI=1S/C26H26N4O5/c1-15-7-10-19(13-16(15)2)27-26(32)25-17(3)24-21(5-4-6-22(24)35-25)28-29-23(31)14-18-8-11-20(12-9-18)30(33)34/h7-13H,4-6,14H2,1-3H3,(H,27,32)(H,29,31)/b28-21+. The molecule has 0 saturated carbocycles. The number of non-ortho nitro benzene ring substituents is 1. The quantitative estimate of drug-likeness (QED) is 0.393. The molecule has 0 unspecified atom stereocenters. The van der Waals surface area contributed by atoms with Gasteiger partial charge in [-0.05, 0) is 62.4 Å². The van der Waals surface area contributed by atoms with Crippen molar-refractivity contribution in [3.05, 3.63) is 91.9 Å². The van der Waals surface area contributed by atoms with Gasteiger partial charge in [0.25, 0.3) is 11.6 Å². The van der Waals surface area contributed by atoms with E-state index in [0.29, 0.717) is 41.1 Å². The number of carbonyl (C=O) groups excluding carboxylic acids is 2. The summed E-state index contributed by atoms with van der Waals surface area (Å²) in [5.41, 5.74) is 8.20. The van der Waals surface area contributed by atoms with E-state index < -0.39 is 4.92 Å². The largest absolute Gasteiger partial charge is 0.455 e. The molecule has 3 aromatic rings. The molecule has 9 nitrogen and oxygen atoms in total. The molecule has 0 radical (unpaired) electrons. The lowest BCUT2D eigenvalue weighted by Gasteiger charge is -2.13. The third-order valence-electron chi connectivity index (χ3n) is 6.12. The zero-order valence-corrected chi connectivity index (χ0v) is 19.8. The fraction of sp³-hybridized carbons (Fsp3) is 0.269. The monoisotopic (exact) mass is 474 g/mol. The van der Waals surface area contributed by atoms with Gasteiger partial charge >= 0.3 is 0 Å². The Bertz CT molecular complexity index is 1340. The first-order valence-electron chi connectivity index (χ1n) is 11.3. The number of nitro groups is 1. The van der Waals surface area contributed by atoms with Gasteiger partial charge in [0, 0.05) is 35.4 Å². The number of nitro benzene ring substituents is 1. The third kappa shape index (κ3) is 5.29. The van der Waals surface area contributed by atoms with Crippen LogP contribution in [-0.2, 0) is 17.6 Å². The van der Waals surface area contributed by atoms with E-state index in [2.05, 4.69) is 15.8 Å². The predicted octanol–water partition coefficient (Wildman–Crippen LogP) is 4.76. The molecule has 0 aliphatic heterocycles. The fourth-order valence-electron chi connectivity index (χ4n) is 4.09. The summed E-state index contributed by atoms with van der Waals surface area (Å²) >= 11 is 0. The minimum atomic E-state index is -0.486. The number of benzene rings is 2. The maximum absolute atomic E-state index is 12.9. The van der Waals surface area contributed by atoms with Gasteiger partial charge < -0.3 is 9.73 Å². The number of fused-ring (bicyclic) bond motifs is 1. The van der Waals surface area contributed by atoms with Crippen molar-refractivity contribution in [2.75, 3.05) is 5.32 Å². The van der Waals surface area contributed by atoms with Crippen LogP contribution in [0.5, 0.6) is 0 Å². The molecule has 0 bridgehead atoms. The maximum atomic E-state index is 12.9. The van der Waals surface area contributed by atoms with Crippen LogP contribution in [0.15, 0.2) is 52.0 Å². The van der Waals surface area contributed by atoms with Gasteiger partial charge in [-0.25, -0.2) is 5.43 Å². The van der Waals surface area contributed by atoms with Crippen LogP contribution in [0.2, 0.25) is 0 Å². The van der Waals surface area contributed by atoms with Crippen molar-refractivity contribution in [2.24, 2.45) is 5.10 Å². The number of aryl methyl sites for hydroxylation is 3. The number of nitrogens with zero attached hydrogens (tertiary/aromatic N) is 2. The van der Waals surface area contributed by atoms with Gasteiger partial charge in [-0.3, -0.25) is 19.7 Å². The van der Waals surface area contributed by atoms with E-state index in [1.54, 1.807) is 12.1 Å². The summed E-state index contributed by atoms with van der Waals surface area (Å²) in [4.78, 5) is 35.6. The average molecular weight is 475 g/mol. The summed E-state index contributed by atoms with van der Waals surface area (Å²) in [6.45, 7) is 5.81. The molecule has 1 aromatic heterocycles. The highest BCUT2D eigenvalue weighted by Gasteiger charge is 2.28. The minimum Gasteiger partial charge on any atom is -0.455 e. The SMILES string of the molecule is Cc1ccc(NC(=O)c2oc3c(c2C)/C(=N/NC(=O)Cc2ccc([N+](=O)[O-])cc2)CCC3)cc1C. The molecule has 9 heteroatoms. The van der Waals surface area contributed by atoms with E-state index in [0.717, 1.165) is 23.1 Å². The number of hydrogen-bond acceptors (Lipinski definition) is 6. The van der Waals surface area contributed by atoms with Crippen LogP contribution < -0.4 is 10.7 Å². The molecular weight excluding hydrogens is 448 g/mol. The Kier molecular flexibility index (Phi) is 6.77. The number of furan rings is 1. The first-order valence-corrected chi connectivity index (χ1v) is 11.3. The molecule has 4 rings (SSSR count). The Morgan fingerprint density at radius 1 is 1.06 bits per heavy atom. The number of rotatable bonds is 6. The molecule has 0 fully saturated rings. The molecule has 1 aliphatic carbocycles. The van der Waals surface area contributed by atoms with Gasteiger partial charge in [0.05, 0.1) is 17.1 Å². The lowest BCUT2D eigenvalue weighted by Crippen LogP contribution is -2.23. The van der Waals surface area contributed by atoms with Crippen LogP contribution in [-0.4, -0.2) is 22.4 Å². The van der Waals surface area contributed by atoms with Crippen LogP contribution >= 0.6 is 0 Å². The predicted molar refractivity (Wildman–Crippen MR) is 132 cm³/mol. The summed E-state index contributed by atoms with van der Waals surface area (Å²) < 4.78 is 5.93. The van der Waals surface area contributed by atoms with E-state index in [1.807, 2.05) is 39.0 Å². The Labute approximate surface area is 202 Å². The molecule has 35 heavy (non-hydrogen) atoms. The number of carbonyl (C=O) groups is 2. The van der Waals surface area contributed by atoms with Crippen LogP contribution in [0.25, 0.3) is 0 Å². The Balaban J connectivity index is 1.48. The lowest BCUT2D eigenvalue weighted by molar-refractivity contribution is -0.384. The van der Waals surface area contributed by atoms with Gasteiger partial charge in [0.1, 0.15) is 5.76 Å². The second kappa shape index (κ2) is 9.92. The molecule has 1 aliphatic rings. The zero-order chi connectivity index (χ0) is 25.1. The van der Waals surface area contributed by atoms with Crippen molar-refractivity contribution in [3.8, 4) is 0 Å². The van der Waals surface area contributed by atoms with Crippen LogP contribution in [0.3, 0.4) is 0 Å². The van der Waals surface area contributed by atoms with E-state index >= 15 is 0 Å². The van der Waals surface area contributed by atoms with Crippen molar-refractivity contribution < 1.29 is 18.9 Å². The summed E-state index contributed by atoms with van der Waals surface area (Å²) in [6, 6.07) is 11.5. The summed E-state index contributed by atoms with van der Waals surface area (Å²) in [5, 5.41) is 18.0. The van der Waals surface area contributed by atoms with Crippen molar-refractivity contribution in [1.82, 2.24) is 5.43 Å². The van der Waals surface area contributed by atoms with Gasteiger partial charge in [-0.2, -0.15) is 5.10 Å². The highest BCUT2D eigenvalue weighted by Crippen LogP contribution is 2.30. The Hall–Kier alpha value is -4.27. The number of amides is 2. The van der Waals surface area contributed by atoms with Gasteiger partial charge in [0.15, 0.2) is 5.76 Å². The lowest BCUT2D eigenvalue weighted by atomic mass is 9.93. The number of hydrazone groups is 1. The topological polar surface area (TPSA) is 127 Å². The molecule has 180 valence electrons. The molecular formula is C26H26N4O5. The fourth-order valence-corrected chi connectivity index (χ4v) is 4.09. The molecule has 2 amide bonds. The number of hydrogen-bond donors (Lipinski definition) is 2. The van der Waals surface area contributed by atoms with E-state index in [-0.39, 0.29) is 29.7 Å². The van der Waals surface area contributed by atoms with Crippen LogP contribution in [0.1, 0.15) is 57.0 Å².